The molecule has 0 fully saturated rings. The molecule has 0 aromatic rings. The van der Waals surface area contributed by atoms with Crippen LogP contribution in [0.2, 0.25) is 0 Å². The Balaban J connectivity index is -0.000000166. The van der Waals surface area contributed by atoms with E-state index in [2.05, 4.69) is 13.8 Å². The van der Waals surface area contributed by atoms with Gasteiger partial charge in [0.25, 0.3) is 11.0 Å². The van der Waals surface area contributed by atoms with E-state index in [-0.39, 0.29) is 51.4 Å². The van der Waals surface area contributed by atoms with Gasteiger partial charge in [-0.25, -0.2) is 8.42 Å². The topological polar surface area (TPSA) is 129 Å². The fourth-order valence-electron chi connectivity index (χ4n) is 1.91. The summed E-state index contributed by atoms with van der Waals surface area (Å²) in [4.78, 5) is 0. The van der Waals surface area contributed by atoms with Crippen molar-refractivity contribution in [2.45, 2.75) is 90.9 Å². The zero-order valence-electron chi connectivity index (χ0n) is 14.3. The first-order valence-electron chi connectivity index (χ1n) is 8.18. The van der Waals surface area contributed by atoms with Crippen molar-refractivity contribution in [1.82, 2.24) is 0 Å². The molecular weight excluding hydrogens is 383 g/mol. The van der Waals surface area contributed by atoms with Crippen LogP contribution >= 0.6 is 0 Å². The van der Waals surface area contributed by atoms with Crippen molar-refractivity contribution in [3.05, 3.63) is 0 Å². The van der Waals surface area contributed by atoms with E-state index in [9.17, 15) is 0 Å². The molecule has 0 aliphatic heterocycles. The molecule has 0 radical (unpaired) electrons. The summed E-state index contributed by atoms with van der Waals surface area (Å²) >= 11 is 0. The van der Waals surface area contributed by atoms with Crippen LogP contribution in [0.15, 0.2) is 0 Å². The Morgan fingerprint density at radius 1 is 0.667 bits per heavy atom. The minimum atomic E-state index is -4.67. The third-order valence-electron chi connectivity index (χ3n) is 2.96. The maximum atomic E-state index is 8.74. The number of rotatable bonds is 11. The second-order valence-electron chi connectivity index (χ2n) is 5.22. The van der Waals surface area contributed by atoms with Crippen molar-refractivity contribution in [3.8, 4) is 0 Å². The number of unbranched alkanes of at least 4 members (excludes halogenated alkanes) is 11. The second-order valence-corrected chi connectivity index (χ2v) is 6.59. The molecule has 0 heterocycles. The molecule has 0 atom stereocenters. The number of hydrogen-bond donors (Lipinski definition) is 4. The minimum absolute atomic E-state index is 0. The van der Waals surface area contributed by atoms with Crippen LogP contribution in [-0.2, 0) is 21.4 Å². The van der Waals surface area contributed by atoms with Crippen molar-refractivity contribution in [1.29, 1.82) is 0 Å². The van der Waals surface area contributed by atoms with Gasteiger partial charge in [-0.15, -0.1) is 0 Å². The van der Waals surface area contributed by atoms with E-state index in [1.807, 2.05) is 0 Å². The summed E-state index contributed by atoms with van der Waals surface area (Å²) in [5.74, 6) is 0. The molecule has 7 nitrogen and oxygen atoms in total. The fourth-order valence-corrected chi connectivity index (χ4v) is 1.91. The molecule has 0 saturated heterocycles. The summed E-state index contributed by atoms with van der Waals surface area (Å²) in [6.45, 7) is 4.57. The van der Waals surface area contributed by atoms with Crippen LogP contribution in [-0.4, -0.2) is 81.9 Å². The van der Waals surface area contributed by atoms with Crippen LogP contribution in [0.1, 0.15) is 90.9 Å². The van der Waals surface area contributed by atoms with Gasteiger partial charge >= 0.3 is 61.8 Å². The van der Waals surface area contributed by atoms with Gasteiger partial charge in [-0.3, -0.25) is 13.7 Å². The Hall–Kier alpha value is 1.42. The van der Waals surface area contributed by atoms with Crippen LogP contribution in [0, 0.1) is 0 Å². The zero-order chi connectivity index (χ0) is 18.6. The van der Waals surface area contributed by atoms with Crippen molar-refractivity contribution < 1.29 is 30.5 Å². The first kappa shape index (κ1) is 33.0. The predicted octanol–water partition coefficient (Wildman–Crippen LogP) is 3.48. The van der Waals surface area contributed by atoms with E-state index in [0.29, 0.717) is 0 Å². The maximum absolute atomic E-state index is 8.74. The normalized spacial score (nSPS) is 10.1. The summed E-state index contributed by atoms with van der Waals surface area (Å²) in [5.41, 5.74) is 0. The molecule has 0 rings (SSSR count). The summed E-state index contributed by atoms with van der Waals surface area (Å²) in [6, 6.07) is 0. The molecule has 0 unspecified atom stereocenters. The van der Waals surface area contributed by atoms with Crippen LogP contribution in [0.3, 0.4) is 0 Å². The Bertz CT molecular complexity index is 357. The molecule has 0 spiro atoms. The Morgan fingerprint density at radius 2 is 0.792 bits per heavy atom. The molecule has 0 amide bonds. The van der Waals surface area contributed by atoms with E-state index in [1.54, 1.807) is 0 Å². The van der Waals surface area contributed by atoms with Crippen LogP contribution < -0.4 is 0 Å². The Labute approximate surface area is 192 Å². The van der Waals surface area contributed by atoms with Crippen molar-refractivity contribution in [2.75, 3.05) is 0 Å². The number of thiol groups is 1. The zero-order valence-corrected chi connectivity index (χ0v) is 16.0. The molecule has 0 aromatic heterocycles. The molecule has 0 aromatic carbocycles. The van der Waals surface area contributed by atoms with Gasteiger partial charge in [-0.05, 0) is 0 Å². The van der Waals surface area contributed by atoms with Gasteiger partial charge in [-0.2, -0.15) is 8.42 Å². The molecule has 3 N–H and O–H groups in total. The molecule has 0 bridgehead atoms. The van der Waals surface area contributed by atoms with Crippen LogP contribution in [0.4, 0.5) is 0 Å². The monoisotopic (exact) mass is 418 g/mol. The van der Waals surface area contributed by atoms with Gasteiger partial charge in [0.1, 0.15) is 0 Å². The van der Waals surface area contributed by atoms with E-state index >= 15 is 0 Å². The van der Waals surface area contributed by atoms with Gasteiger partial charge < -0.3 is 0 Å². The van der Waals surface area contributed by atoms with Gasteiger partial charge in [0.15, 0.2) is 0 Å². The van der Waals surface area contributed by atoms with Gasteiger partial charge in [0, 0.05) is 0 Å². The first-order valence-corrected chi connectivity index (χ1v) is 10.7. The first-order chi connectivity index (χ1) is 10.6. The van der Waals surface area contributed by atoms with Crippen LogP contribution in [0.5, 0.6) is 0 Å². The van der Waals surface area contributed by atoms with Gasteiger partial charge in [0.05, 0.1) is 0 Å². The summed E-state index contributed by atoms with van der Waals surface area (Å²) in [7, 11) is -7.79. The summed E-state index contributed by atoms with van der Waals surface area (Å²) in [6.07, 6.45) is 17.4. The third-order valence-corrected chi connectivity index (χ3v) is 2.96. The summed E-state index contributed by atoms with van der Waals surface area (Å²) in [5, 5.41) is 0. The van der Waals surface area contributed by atoms with E-state index in [0.717, 1.165) is 0 Å². The second kappa shape index (κ2) is 26.6. The van der Waals surface area contributed by atoms with Crippen molar-refractivity contribution >= 4 is 72.8 Å². The molecule has 24 heavy (non-hydrogen) atoms. The standard InChI is InChI=1S/C14H30.K.H2O4S.H2O3S.H/c1-3-5-7-9-11-13-14-12-10-8-6-4-2;;1-5(2,3)4;1-4(2)3;/h3-14H2,1-2H3;;(H2,1,2,3,4);4H,(H,1,2,3);. The molecule has 0 saturated carbocycles. The Morgan fingerprint density at radius 3 is 0.917 bits per heavy atom. The molecular formula is C14H35KO7S2. The third kappa shape index (κ3) is 76.3. The average Bonchev–Trinajstić information content (AvgIpc) is 2.38. The SMILES string of the molecule is CCCCCCCCCCCCCC.O=S(=O)(O)O.O=[SH](=O)O.[KH]. The van der Waals surface area contributed by atoms with Gasteiger partial charge in [0.2, 0.25) is 0 Å². The molecule has 10 heteroatoms. The molecule has 0 aliphatic carbocycles. The van der Waals surface area contributed by atoms with Crippen molar-refractivity contribution in [3.63, 3.8) is 0 Å². The Kier molecular flexibility index (Phi) is 36.7. The fraction of sp³-hybridized carbons (Fsp3) is 1.00. The average molecular weight is 419 g/mol. The van der Waals surface area contributed by atoms with Gasteiger partial charge in [-0.1, -0.05) is 90.9 Å². The quantitative estimate of drug-likeness (QED) is 0.175. The van der Waals surface area contributed by atoms with E-state index < -0.39 is 21.4 Å². The predicted molar refractivity (Wildman–Crippen MR) is 101 cm³/mol. The van der Waals surface area contributed by atoms with Crippen LogP contribution in [0.25, 0.3) is 0 Å². The molecule has 0 aliphatic rings. The van der Waals surface area contributed by atoms with E-state index in [1.165, 1.54) is 77.0 Å². The van der Waals surface area contributed by atoms with Crippen molar-refractivity contribution in [2.24, 2.45) is 0 Å². The summed E-state index contributed by atoms with van der Waals surface area (Å²) < 4.78 is 55.8. The van der Waals surface area contributed by atoms with E-state index in [4.69, 9.17) is 30.5 Å². The number of hydrogen-bond acceptors (Lipinski definition) is 4. The molecule has 146 valence electrons.